The molecule has 0 saturated heterocycles. The van der Waals surface area contributed by atoms with Crippen molar-refractivity contribution >= 4 is 52.4 Å². The van der Waals surface area contributed by atoms with Crippen molar-refractivity contribution in [3.8, 4) is 0 Å². The zero-order chi connectivity index (χ0) is 31.0. The number of nitrogens with zero attached hydrogens (tertiary/aromatic N) is 1. The monoisotopic (exact) mass is 615 g/mol. The zero-order valence-electron chi connectivity index (χ0n) is 25.5. The van der Waals surface area contributed by atoms with Gasteiger partial charge in [-0.2, -0.15) is 11.8 Å². The summed E-state index contributed by atoms with van der Waals surface area (Å²) in [7, 11) is 0. The third kappa shape index (κ3) is 9.18. The van der Waals surface area contributed by atoms with Crippen LogP contribution in [0, 0.1) is 5.41 Å². The zero-order valence-corrected chi connectivity index (χ0v) is 27.1. The summed E-state index contributed by atoms with van der Waals surface area (Å²) in [5.41, 5.74) is 5.15. The maximum absolute atomic E-state index is 11.5. The van der Waals surface area contributed by atoms with E-state index in [1.54, 1.807) is 0 Å². The van der Waals surface area contributed by atoms with Gasteiger partial charge in [0.25, 0.3) is 0 Å². The topological polar surface area (TPSA) is 70.4 Å². The summed E-state index contributed by atoms with van der Waals surface area (Å²) in [4.78, 5) is 16.2. The summed E-state index contributed by atoms with van der Waals surface area (Å²) in [6, 6.07) is 26.5. The fourth-order valence-electron chi connectivity index (χ4n) is 5.36. The molecule has 1 saturated carbocycles. The van der Waals surface area contributed by atoms with E-state index in [1.807, 2.05) is 88.0 Å². The molecule has 1 aliphatic rings. The molecule has 4 aromatic rings. The second-order valence-corrected chi connectivity index (χ2v) is 13.3. The Hall–Kier alpha value is -3.12. The Morgan fingerprint density at radius 1 is 1.02 bits per heavy atom. The molecule has 1 fully saturated rings. The van der Waals surface area contributed by atoms with Crippen molar-refractivity contribution in [3.63, 3.8) is 0 Å². The maximum Gasteiger partial charge on any atom is 0.303 e. The van der Waals surface area contributed by atoms with E-state index in [0.717, 1.165) is 64.7 Å². The number of benzene rings is 3. The summed E-state index contributed by atoms with van der Waals surface area (Å²) in [6.07, 6.45) is 8.02. The SMILES string of the molecule is CC.CC(C)(O)c1ccccc1CC[C@H](SCC1(CC(=O)O)CC1)c1cccc(/C=C/c2ccc3ccc(Cl)cc3n2)c1. The molecule has 3 aromatic carbocycles. The summed E-state index contributed by atoms with van der Waals surface area (Å²) in [5.74, 6) is 0.122. The van der Waals surface area contributed by atoms with Crippen molar-refractivity contribution in [2.45, 2.75) is 70.7 Å². The van der Waals surface area contributed by atoms with Crippen LogP contribution in [0.3, 0.4) is 0 Å². The van der Waals surface area contributed by atoms with Crippen LogP contribution in [0.5, 0.6) is 0 Å². The highest BCUT2D eigenvalue weighted by Crippen LogP contribution is 2.53. The number of carboxylic acids is 1. The van der Waals surface area contributed by atoms with Crippen molar-refractivity contribution in [3.05, 3.63) is 112 Å². The second-order valence-electron chi connectivity index (χ2n) is 11.7. The first-order valence-electron chi connectivity index (χ1n) is 15.1. The lowest BCUT2D eigenvalue weighted by molar-refractivity contribution is -0.138. The number of hydrogen-bond donors (Lipinski definition) is 2. The number of rotatable bonds is 12. The van der Waals surface area contributed by atoms with Crippen LogP contribution < -0.4 is 0 Å². The molecule has 0 spiro atoms. The van der Waals surface area contributed by atoms with Crippen LogP contribution in [0.4, 0.5) is 0 Å². The molecular formula is C37H42ClNO3S. The molecule has 1 aliphatic carbocycles. The van der Waals surface area contributed by atoms with Gasteiger partial charge in [0.1, 0.15) is 0 Å². The smallest absolute Gasteiger partial charge is 0.303 e. The van der Waals surface area contributed by atoms with E-state index in [2.05, 4.69) is 42.5 Å². The third-order valence-corrected chi connectivity index (χ3v) is 9.76. The number of hydrogen-bond acceptors (Lipinski definition) is 4. The van der Waals surface area contributed by atoms with Gasteiger partial charge in [0.2, 0.25) is 0 Å². The van der Waals surface area contributed by atoms with Crippen LogP contribution in [0.2, 0.25) is 5.02 Å². The van der Waals surface area contributed by atoms with Gasteiger partial charge in [-0.3, -0.25) is 4.79 Å². The molecule has 1 heterocycles. The summed E-state index contributed by atoms with van der Waals surface area (Å²) in [5, 5.41) is 22.1. The highest BCUT2D eigenvalue weighted by atomic mass is 35.5. The van der Waals surface area contributed by atoms with Gasteiger partial charge < -0.3 is 10.2 Å². The Labute approximate surface area is 265 Å². The van der Waals surface area contributed by atoms with Gasteiger partial charge in [0.15, 0.2) is 0 Å². The number of aliphatic hydroxyl groups is 1. The lowest BCUT2D eigenvalue weighted by atomic mass is 9.90. The standard InChI is InChI=1S/C35H36ClNO3S.C2H6/c1-34(2,40)30-9-4-3-7-25(30)13-17-32(41-23-35(18-19-35)22-33(38)39)27-8-5-6-24(20-27)10-15-29-16-12-26-11-14-28(36)21-31(26)37-29;1-2/h3-12,14-16,20-21,32,40H,13,17-19,22-23H2,1-2H3,(H,38,39);1-2H3/b15-10+;/t32-;/m0./s1. The molecule has 0 bridgehead atoms. The lowest BCUT2D eigenvalue weighted by Gasteiger charge is -2.24. The predicted molar refractivity (Wildman–Crippen MR) is 183 cm³/mol. The number of aliphatic carboxylic acids is 1. The number of aromatic nitrogens is 1. The molecule has 226 valence electrons. The van der Waals surface area contributed by atoms with Crippen molar-refractivity contribution in [1.29, 1.82) is 0 Å². The molecule has 5 rings (SSSR count). The van der Waals surface area contributed by atoms with Crippen LogP contribution >= 0.6 is 23.4 Å². The Kier molecular flexibility index (Phi) is 11.1. The first-order chi connectivity index (χ1) is 20.6. The molecule has 0 aliphatic heterocycles. The molecule has 0 unspecified atom stereocenters. The van der Waals surface area contributed by atoms with Gasteiger partial charge in [0.05, 0.1) is 23.2 Å². The number of carboxylic acid groups (broad SMARTS) is 1. The average Bonchev–Trinajstić information content (AvgIpc) is 3.75. The number of fused-ring (bicyclic) bond motifs is 1. The van der Waals surface area contributed by atoms with Crippen molar-refractivity contribution in [2.75, 3.05) is 5.75 Å². The maximum atomic E-state index is 11.5. The van der Waals surface area contributed by atoms with E-state index >= 15 is 0 Å². The van der Waals surface area contributed by atoms with E-state index < -0.39 is 11.6 Å². The Bertz CT molecular complexity index is 1570. The van der Waals surface area contributed by atoms with E-state index in [9.17, 15) is 15.0 Å². The fourth-order valence-corrected chi connectivity index (χ4v) is 7.09. The molecule has 2 N–H and O–H groups in total. The molecule has 4 nitrogen and oxygen atoms in total. The Balaban J connectivity index is 0.00000207. The largest absolute Gasteiger partial charge is 0.481 e. The predicted octanol–water partition coefficient (Wildman–Crippen LogP) is 9.97. The molecular weight excluding hydrogens is 574 g/mol. The van der Waals surface area contributed by atoms with Crippen LogP contribution in [-0.4, -0.2) is 26.9 Å². The quantitative estimate of drug-likeness (QED) is 0.166. The fraction of sp³-hybridized carbons (Fsp3) is 0.351. The summed E-state index contributed by atoms with van der Waals surface area (Å²) >= 11 is 8.04. The summed E-state index contributed by atoms with van der Waals surface area (Å²) in [6.45, 7) is 7.66. The minimum atomic E-state index is -0.911. The minimum absolute atomic E-state index is 0.0814. The normalized spacial score (nSPS) is 14.7. The minimum Gasteiger partial charge on any atom is -0.481 e. The second kappa shape index (κ2) is 14.6. The molecule has 0 radical (unpaired) electrons. The number of thioether (sulfide) groups is 1. The van der Waals surface area contributed by atoms with Crippen molar-refractivity contribution < 1.29 is 15.0 Å². The van der Waals surface area contributed by atoms with Gasteiger partial charge in [-0.15, -0.1) is 0 Å². The van der Waals surface area contributed by atoms with Gasteiger partial charge in [0, 0.05) is 21.4 Å². The van der Waals surface area contributed by atoms with Gasteiger partial charge >= 0.3 is 5.97 Å². The molecule has 1 aromatic heterocycles. The van der Waals surface area contributed by atoms with Crippen LogP contribution in [0.1, 0.15) is 86.6 Å². The highest BCUT2D eigenvalue weighted by molar-refractivity contribution is 7.99. The lowest BCUT2D eigenvalue weighted by Crippen LogP contribution is -2.18. The van der Waals surface area contributed by atoms with Gasteiger partial charge in [-0.05, 0) is 91.5 Å². The number of halogens is 1. The molecule has 0 amide bonds. The van der Waals surface area contributed by atoms with Crippen LogP contribution in [-0.2, 0) is 16.8 Å². The third-order valence-electron chi connectivity index (χ3n) is 7.83. The molecule has 43 heavy (non-hydrogen) atoms. The van der Waals surface area contributed by atoms with Crippen molar-refractivity contribution in [2.24, 2.45) is 5.41 Å². The Morgan fingerprint density at radius 3 is 2.49 bits per heavy atom. The first kappa shape index (κ1) is 32.8. The number of pyridine rings is 1. The van der Waals surface area contributed by atoms with E-state index in [0.29, 0.717) is 5.02 Å². The summed E-state index contributed by atoms with van der Waals surface area (Å²) < 4.78 is 0. The van der Waals surface area contributed by atoms with E-state index in [-0.39, 0.29) is 17.1 Å². The number of aryl methyl sites for hydroxylation is 1. The highest BCUT2D eigenvalue weighted by Gasteiger charge is 2.44. The van der Waals surface area contributed by atoms with Crippen LogP contribution in [0.25, 0.3) is 23.1 Å². The van der Waals surface area contributed by atoms with Gasteiger partial charge in [-0.25, -0.2) is 4.98 Å². The molecule has 6 heteroatoms. The Morgan fingerprint density at radius 2 is 1.77 bits per heavy atom. The molecule has 1 atom stereocenters. The first-order valence-corrected chi connectivity index (χ1v) is 16.5. The average molecular weight is 616 g/mol. The number of carbonyl (C=O) groups is 1. The van der Waals surface area contributed by atoms with E-state index in [1.165, 1.54) is 5.56 Å². The van der Waals surface area contributed by atoms with E-state index in [4.69, 9.17) is 16.6 Å². The van der Waals surface area contributed by atoms with Crippen molar-refractivity contribution in [1.82, 2.24) is 4.98 Å². The van der Waals surface area contributed by atoms with Gasteiger partial charge in [-0.1, -0.05) is 92.2 Å². The van der Waals surface area contributed by atoms with Crippen LogP contribution in [0.15, 0.2) is 78.9 Å².